The van der Waals surface area contributed by atoms with Crippen LogP contribution in [-0.2, 0) is 23.8 Å². The lowest BCUT2D eigenvalue weighted by Gasteiger charge is -2.20. The number of hydrogen-bond donors (Lipinski definition) is 3. The molecule has 0 unspecified atom stereocenters. The van der Waals surface area contributed by atoms with Crippen LogP contribution in [0.15, 0.2) is 109 Å². The highest BCUT2D eigenvalue weighted by molar-refractivity contribution is 5.89. The van der Waals surface area contributed by atoms with Crippen molar-refractivity contribution in [2.45, 2.75) is 52.3 Å². The number of carboxylic acids is 1. The third-order valence-electron chi connectivity index (χ3n) is 8.44. The van der Waals surface area contributed by atoms with E-state index in [9.17, 15) is 33.1 Å². The largest absolute Gasteiger partial charge is 0.477 e. The summed E-state index contributed by atoms with van der Waals surface area (Å²) in [6.07, 6.45) is 0. The Balaban J connectivity index is 0.000000243. The Hall–Kier alpha value is -8.02. The van der Waals surface area contributed by atoms with Crippen molar-refractivity contribution in [1.29, 1.82) is 0 Å². The van der Waals surface area contributed by atoms with Gasteiger partial charge in [0.2, 0.25) is 0 Å². The Kier molecular flexibility index (Phi) is 15.6. The first-order valence-electron chi connectivity index (χ1n) is 19.4. The number of carboxylic acid groups (broad SMARTS) is 1. The smallest absolute Gasteiger partial charge is 0.357 e. The van der Waals surface area contributed by atoms with Gasteiger partial charge in [-0.05, 0) is 132 Å². The van der Waals surface area contributed by atoms with Crippen LogP contribution in [0.2, 0.25) is 0 Å². The SMILES string of the molecule is COC(=O)[C@H](C)Nc1cc(C(=O)O)nc(-c2ccc(Oc3ccc(F)cc3)cc2)n1.COC(=O)[C@H](C)Nc1cc(C(=O)OC(C)(C)C)nc(-c2ccc(Oc3ccc(F)cc3)cc2)n1. The fourth-order valence-electron chi connectivity index (χ4n) is 5.38. The molecule has 0 saturated carbocycles. The molecule has 2 heterocycles. The van der Waals surface area contributed by atoms with Gasteiger partial charge in [-0.15, -0.1) is 0 Å². The maximum absolute atomic E-state index is 13.1. The van der Waals surface area contributed by atoms with E-state index in [1.165, 1.54) is 74.9 Å². The first-order chi connectivity index (χ1) is 30.4. The molecule has 2 atom stereocenters. The van der Waals surface area contributed by atoms with E-state index in [0.29, 0.717) is 34.1 Å². The van der Waals surface area contributed by atoms with E-state index in [0.717, 1.165) is 0 Å². The van der Waals surface area contributed by atoms with Gasteiger partial charge in [0, 0.05) is 23.3 Å². The number of ether oxygens (including phenoxy) is 5. The Bertz CT molecular complexity index is 2570. The summed E-state index contributed by atoms with van der Waals surface area (Å²) in [4.78, 5) is 64.7. The van der Waals surface area contributed by atoms with Crippen molar-refractivity contribution in [2.75, 3.05) is 24.9 Å². The molecule has 6 rings (SSSR count). The van der Waals surface area contributed by atoms with Gasteiger partial charge >= 0.3 is 23.9 Å². The number of esters is 3. The molecule has 0 aliphatic carbocycles. The first-order valence-corrected chi connectivity index (χ1v) is 19.4. The molecule has 0 radical (unpaired) electrons. The molecule has 0 aliphatic heterocycles. The lowest BCUT2D eigenvalue weighted by Crippen LogP contribution is -2.28. The number of carbonyl (C=O) groups is 4. The average molecular weight is 879 g/mol. The summed E-state index contributed by atoms with van der Waals surface area (Å²) < 4.78 is 52.3. The number of benzene rings is 4. The first kappa shape index (κ1) is 47.0. The second kappa shape index (κ2) is 21.2. The molecule has 16 nitrogen and oxygen atoms in total. The summed E-state index contributed by atoms with van der Waals surface area (Å²) in [7, 11) is 2.54. The van der Waals surface area contributed by atoms with Crippen molar-refractivity contribution in [1.82, 2.24) is 19.9 Å². The fraction of sp³-hybridized carbons (Fsp3) is 0.217. The van der Waals surface area contributed by atoms with Crippen LogP contribution in [0, 0.1) is 11.6 Å². The van der Waals surface area contributed by atoms with E-state index < -0.39 is 41.6 Å². The van der Waals surface area contributed by atoms with Crippen molar-refractivity contribution in [3.8, 4) is 45.8 Å². The molecule has 0 fully saturated rings. The highest BCUT2D eigenvalue weighted by Crippen LogP contribution is 2.28. The van der Waals surface area contributed by atoms with E-state index in [1.54, 1.807) is 83.1 Å². The van der Waals surface area contributed by atoms with Gasteiger partial charge < -0.3 is 39.4 Å². The Morgan fingerprint density at radius 1 is 0.562 bits per heavy atom. The summed E-state index contributed by atoms with van der Waals surface area (Å²) in [5.74, 6) is -0.766. The number of halogens is 2. The minimum Gasteiger partial charge on any atom is -0.477 e. The number of hydrogen-bond acceptors (Lipinski definition) is 15. The van der Waals surface area contributed by atoms with Gasteiger partial charge in [0.25, 0.3) is 0 Å². The molecular formula is C46H44F2N6O10. The standard InChI is InChI=1S/C25H26FN3O5.C21H18FN3O5/c1-15(23(30)32-5)27-21-14-20(24(31)34-25(2,3)4)28-22(29-21)16-6-10-18(11-7-16)33-19-12-8-17(26)9-13-19;1-12(21(28)29-2)23-18-11-17(20(26)27)24-19(25-18)13-3-7-15(8-4-13)30-16-9-5-14(22)6-10-16/h6-15H,1-5H3,(H,27,28,29);3-12H,1-2H3,(H,26,27)(H,23,24,25)/t15-;12-/m00/s1. The quantitative estimate of drug-likeness (QED) is 0.0690. The zero-order chi connectivity index (χ0) is 46.6. The highest BCUT2D eigenvalue weighted by Gasteiger charge is 2.23. The summed E-state index contributed by atoms with van der Waals surface area (Å²) in [6.45, 7) is 8.44. The normalized spacial score (nSPS) is 11.7. The van der Waals surface area contributed by atoms with Crippen molar-refractivity contribution < 1.29 is 56.7 Å². The molecule has 0 spiro atoms. The molecule has 0 bridgehead atoms. The molecule has 332 valence electrons. The Morgan fingerprint density at radius 2 is 0.906 bits per heavy atom. The van der Waals surface area contributed by atoms with Gasteiger partial charge in [-0.1, -0.05) is 0 Å². The zero-order valence-corrected chi connectivity index (χ0v) is 35.7. The molecule has 0 saturated heterocycles. The van der Waals surface area contributed by atoms with E-state index >= 15 is 0 Å². The molecule has 0 amide bonds. The third kappa shape index (κ3) is 13.7. The lowest BCUT2D eigenvalue weighted by molar-refractivity contribution is -0.141. The second-order valence-electron chi connectivity index (χ2n) is 14.7. The van der Waals surface area contributed by atoms with Crippen LogP contribution in [0.4, 0.5) is 20.4 Å². The monoisotopic (exact) mass is 878 g/mol. The average Bonchev–Trinajstić information content (AvgIpc) is 3.27. The van der Waals surface area contributed by atoms with Gasteiger partial charge in [0.05, 0.1) is 14.2 Å². The van der Waals surface area contributed by atoms with Gasteiger partial charge in [-0.2, -0.15) is 0 Å². The molecule has 0 aliphatic rings. The van der Waals surface area contributed by atoms with Crippen LogP contribution in [0.3, 0.4) is 0 Å². The zero-order valence-electron chi connectivity index (χ0n) is 35.7. The maximum Gasteiger partial charge on any atom is 0.357 e. The molecule has 64 heavy (non-hydrogen) atoms. The summed E-state index contributed by atoms with van der Waals surface area (Å²) in [5.41, 5.74) is 0.232. The number of carbonyl (C=O) groups excluding carboxylic acids is 3. The third-order valence-corrected chi connectivity index (χ3v) is 8.44. The maximum atomic E-state index is 13.1. The van der Waals surface area contributed by atoms with Crippen molar-refractivity contribution in [3.63, 3.8) is 0 Å². The van der Waals surface area contributed by atoms with Crippen LogP contribution < -0.4 is 20.1 Å². The fourth-order valence-corrected chi connectivity index (χ4v) is 5.38. The number of methoxy groups -OCH3 is 2. The van der Waals surface area contributed by atoms with Crippen LogP contribution in [0.25, 0.3) is 22.8 Å². The van der Waals surface area contributed by atoms with Gasteiger partial charge in [0.1, 0.15) is 64.0 Å². The number of anilines is 2. The van der Waals surface area contributed by atoms with Crippen molar-refractivity contribution in [2.24, 2.45) is 0 Å². The van der Waals surface area contributed by atoms with Gasteiger partial charge in [-0.25, -0.2) is 47.9 Å². The molecule has 6 aromatic rings. The summed E-state index contributed by atoms with van der Waals surface area (Å²) >= 11 is 0. The molecule has 4 aromatic carbocycles. The lowest BCUT2D eigenvalue weighted by atomic mass is 10.2. The minimum atomic E-state index is -1.23. The van der Waals surface area contributed by atoms with E-state index in [-0.39, 0.29) is 46.3 Å². The van der Waals surface area contributed by atoms with Crippen LogP contribution in [0.5, 0.6) is 23.0 Å². The number of rotatable bonds is 14. The van der Waals surface area contributed by atoms with Gasteiger partial charge in [-0.3, -0.25) is 0 Å². The van der Waals surface area contributed by atoms with E-state index in [2.05, 4.69) is 35.3 Å². The minimum absolute atomic E-state index is 0.0335. The van der Waals surface area contributed by atoms with Crippen LogP contribution >= 0.6 is 0 Å². The van der Waals surface area contributed by atoms with Crippen molar-refractivity contribution in [3.05, 3.63) is 132 Å². The second-order valence-corrected chi connectivity index (χ2v) is 14.7. The molecule has 2 aromatic heterocycles. The summed E-state index contributed by atoms with van der Waals surface area (Å²) in [6, 6.07) is 25.9. The number of nitrogens with one attached hydrogen (secondary N) is 2. The predicted molar refractivity (Wildman–Crippen MR) is 230 cm³/mol. The number of aromatic nitrogens is 4. The molecule has 3 N–H and O–H groups in total. The van der Waals surface area contributed by atoms with Crippen molar-refractivity contribution >= 4 is 35.5 Å². The molecular weight excluding hydrogens is 835 g/mol. The van der Waals surface area contributed by atoms with Gasteiger partial charge in [0.15, 0.2) is 23.0 Å². The van der Waals surface area contributed by atoms with Crippen LogP contribution in [0.1, 0.15) is 55.6 Å². The molecule has 18 heteroatoms. The summed E-state index contributed by atoms with van der Waals surface area (Å²) in [5, 5.41) is 15.1. The highest BCUT2D eigenvalue weighted by atomic mass is 19.1. The number of nitrogens with zero attached hydrogens (tertiary/aromatic N) is 4. The predicted octanol–water partition coefficient (Wildman–Crippen LogP) is 8.75. The van der Waals surface area contributed by atoms with E-state index in [1.807, 2.05) is 0 Å². The Morgan fingerprint density at radius 3 is 1.25 bits per heavy atom. The number of aromatic carboxylic acids is 1. The van der Waals surface area contributed by atoms with Crippen LogP contribution in [-0.4, -0.2) is 80.8 Å². The Labute approximate surface area is 366 Å². The topological polar surface area (TPSA) is 210 Å². The van der Waals surface area contributed by atoms with E-state index in [4.69, 9.17) is 18.9 Å².